The lowest BCUT2D eigenvalue weighted by atomic mass is 10.1. The van der Waals surface area contributed by atoms with E-state index in [1.807, 2.05) is 14.1 Å². The molecule has 7 heteroatoms. The molecule has 25 heavy (non-hydrogen) atoms. The first-order valence-corrected chi connectivity index (χ1v) is 8.07. The summed E-state index contributed by atoms with van der Waals surface area (Å²) in [4.78, 5) is 4.47. The number of halogens is 2. The molecule has 0 amide bonds. The van der Waals surface area contributed by atoms with Crippen molar-refractivity contribution in [3.63, 3.8) is 0 Å². The summed E-state index contributed by atoms with van der Waals surface area (Å²) < 4.78 is 6.17. The maximum atomic E-state index is 6.17. The number of rotatable bonds is 2. The maximum absolute atomic E-state index is 6.17. The largest absolute Gasteiger partial charge is 0.453 e. The SMILES string of the molecule is CN(C)c1ccc2c(c1)Oc1cc(N3CCNCC3)ccc1N2.Cl.Cl. The second kappa shape index (κ2) is 8.04. The summed E-state index contributed by atoms with van der Waals surface area (Å²) >= 11 is 0. The van der Waals surface area contributed by atoms with Gasteiger partial charge in [0.05, 0.1) is 11.4 Å². The topological polar surface area (TPSA) is 39.8 Å². The van der Waals surface area contributed by atoms with Gasteiger partial charge in [0.15, 0.2) is 11.5 Å². The highest BCUT2D eigenvalue weighted by Crippen LogP contribution is 2.44. The van der Waals surface area contributed by atoms with Crippen molar-refractivity contribution >= 4 is 47.6 Å². The average Bonchev–Trinajstić information content (AvgIpc) is 2.59. The van der Waals surface area contributed by atoms with Crippen LogP contribution in [0.3, 0.4) is 0 Å². The highest BCUT2D eigenvalue weighted by atomic mass is 35.5. The number of hydrogen-bond acceptors (Lipinski definition) is 5. The van der Waals surface area contributed by atoms with Gasteiger partial charge in [0.25, 0.3) is 0 Å². The Kier molecular flexibility index (Phi) is 6.27. The summed E-state index contributed by atoms with van der Waals surface area (Å²) in [5.41, 5.74) is 4.39. The van der Waals surface area contributed by atoms with Gasteiger partial charge in [-0.1, -0.05) is 0 Å². The Bertz CT molecular complexity index is 733. The third-order valence-electron chi connectivity index (χ3n) is 4.42. The lowest BCUT2D eigenvalue weighted by Crippen LogP contribution is -2.43. The molecule has 2 aromatic carbocycles. The standard InChI is InChI=1S/C18H22N4O.2ClH/c1-21(2)13-3-5-15-17(11-13)23-18-12-14(4-6-16(18)20-15)22-9-7-19-8-10-22;;/h3-6,11-12,19-20H,7-10H2,1-2H3;2*1H. The van der Waals surface area contributed by atoms with Crippen molar-refractivity contribution < 1.29 is 4.74 Å². The lowest BCUT2D eigenvalue weighted by molar-refractivity contribution is 0.480. The number of ether oxygens (including phenoxy) is 1. The summed E-state index contributed by atoms with van der Waals surface area (Å²) in [5.74, 6) is 1.77. The highest BCUT2D eigenvalue weighted by molar-refractivity contribution is 5.85. The number of hydrogen-bond donors (Lipinski definition) is 2. The van der Waals surface area contributed by atoms with Crippen LogP contribution < -0.4 is 25.2 Å². The van der Waals surface area contributed by atoms with Gasteiger partial charge in [-0.3, -0.25) is 0 Å². The number of fused-ring (bicyclic) bond motifs is 2. The minimum Gasteiger partial charge on any atom is -0.453 e. The Morgan fingerprint density at radius 2 is 1.56 bits per heavy atom. The van der Waals surface area contributed by atoms with Gasteiger partial charge >= 0.3 is 0 Å². The van der Waals surface area contributed by atoms with Crippen molar-refractivity contribution in [2.75, 3.05) is 55.4 Å². The monoisotopic (exact) mass is 382 g/mol. The van der Waals surface area contributed by atoms with Crippen LogP contribution in [0.25, 0.3) is 0 Å². The second-order valence-corrected chi connectivity index (χ2v) is 6.22. The zero-order valence-corrected chi connectivity index (χ0v) is 16.0. The van der Waals surface area contributed by atoms with Gasteiger partial charge < -0.3 is 25.2 Å². The Morgan fingerprint density at radius 3 is 2.24 bits per heavy atom. The molecule has 0 unspecified atom stereocenters. The van der Waals surface area contributed by atoms with Crippen LogP contribution in [0.4, 0.5) is 22.7 Å². The van der Waals surface area contributed by atoms with E-state index in [1.54, 1.807) is 0 Å². The molecule has 0 aromatic heterocycles. The fraction of sp³-hybridized carbons (Fsp3) is 0.333. The highest BCUT2D eigenvalue weighted by Gasteiger charge is 2.19. The first-order valence-electron chi connectivity index (χ1n) is 8.07. The van der Waals surface area contributed by atoms with Crippen molar-refractivity contribution in [2.24, 2.45) is 0 Å². The summed E-state index contributed by atoms with van der Waals surface area (Å²) in [6.07, 6.45) is 0. The summed E-state index contributed by atoms with van der Waals surface area (Å²) in [5, 5.41) is 6.85. The minimum absolute atomic E-state index is 0. The molecule has 0 radical (unpaired) electrons. The van der Waals surface area contributed by atoms with Gasteiger partial charge in [-0.05, 0) is 24.3 Å². The van der Waals surface area contributed by atoms with Crippen molar-refractivity contribution in [1.82, 2.24) is 5.32 Å². The van der Waals surface area contributed by atoms with Crippen molar-refractivity contribution in [3.05, 3.63) is 36.4 Å². The van der Waals surface area contributed by atoms with E-state index in [9.17, 15) is 0 Å². The molecule has 0 spiro atoms. The Morgan fingerprint density at radius 1 is 0.920 bits per heavy atom. The molecule has 1 fully saturated rings. The average molecular weight is 383 g/mol. The predicted molar refractivity (Wildman–Crippen MR) is 110 cm³/mol. The molecule has 4 rings (SSSR count). The number of anilines is 4. The minimum atomic E-state index is 0. The molecule has 0 bridgehead atoms. The normalized spacial score (nSPS) is 14.7. The molecule has 2 N–H and O–H groups in total. The number of nitrogens with one attached hydrogen (secondary N) is 2. The van der Waals surface area contributed by atoms with Crippen molar-refractivity contribution in [2.45, 2.75) is 0 Å². The molecule has 0 saturated carbocycles. The lowest BCUT2D eigenvalue weighted by Gasteiger charge is -2.31. The van der Waals surface area contributed by atoms with Crippen LogP contribution in [0.15, 0.2) is 36.4 Å². The smallest absolute Gasteiger partial charge is 0.153 e. The van der Waals surface area contributed by atoms with E-state index in [0.29, 0.717) is 0 Å². The molecular formula is C18H24Cl2N4O. The van der Waals surface area contributed by atoms with Crippen LogP contribution in [0.2, 0.25) is 0 Å². The van der Waals surface area contributed by atoms with Gasteiger partial charge in [0.2, 0.25) is 0 Å². The third-order valence-corrected chi connectivity index (χ3v) is 4.42. The van der Waals surface area contributed by atoms with E-state index in [4.69, 9.17) is 4.74 Å². The zero-order chi connectivity index (χ0) is 15.8. The quantitative estimate of drug-likeness (QED) is 0.704. The summed E-state index contributed by atoms with van der Waals surface area (Å²) in [7, 11) is 4.07. The van der Waals surface area contributed by atoms with Crippen LogP contribution >= 0.6 is 24.8 Å². The molecule has 2 aliphatic heterocycles. The van der Waals surface area contributed by atoms with Gasteiger partial charge in [0, 0.05) is 63.8 Å². The molecule has 0 aliphatic carbocycles. The number of nitrogens with zero attached hydrogens (tertiary/aromatic N) is 2. The molecule has 0 atom stereocenters. The molecule has 136 valence electrons. The van der Waals surface area contributed by atoms with E-state index in [0.717, 1.165) is 54.7 Å². The van der Waals surface area contributed by atoms with Crippen LogP contribution in [0, 0.1) is 0 Å². The van der Waals surface area contributed by atoms with E-state index < -0.39 is 0 Å². The van der Waals surface area contributed by atoms with Gasteiger partial charge in [-0.25, -0.2) is 0 Å². The van der Waals surface area contributed by atoms with Crippen LogP contribution in [-0.2, 0) is 0 Å². The molecular weight excluding hydrogens is 359 g/mol. The molecule has 2 heterocycles. The zero-order valence-electron chi connectivity index (χ0n) is 14.4. The van der Waals surface area contributed by atoms with E-state index in [2.05, 4.69) is 56.8 Å². The van der Waals surface area contributed by atoms with Gasteiger partial charge in [-0.2, -0.15) is 0 Å². The van der Waals surface area contributed by atoms with Crippen LogP contribution in [0.5, 0.6) is 11.5 Å². The van der Waals surface area contributed by atoms with Crippen molar-refractivity contribution in [3.8, 4) is 11.5 Å². The first kappa shape index (κ1) is 19.5. The molecule has 2 aliphatic rings. The fourth-order valence-corrected chi connectivity index (χ4v) is 3.06. The van der Waals surface area contributed by atoms with Crippen molar-refractivity contribution in [1.29, 1.82) is 0 Å². The van der Waals surface area contributed by atoms with Crippen LogP contribution in [0.1, 0.15) is 0 Å². The van der Waals surface area contributed by atoms with E-state index in [1.165, 1.54) is 5.69 Å². The predicted octanol–water partition coefficient (Wildman–Crippen LogP) is 3.86. The van der Waals surface area contributed by atoms with Gasteiger partial charge in [0.1, 0.15) is 0 Å². The number of piperazine rings is 1. The van der Waals surface area contributed by atoms with E-state index >= 15 is 0 Å². The number of benzene rings is 2. The Balaban J connectivity index is 0.00000113. The Labute approximate surface area is 161 Å². The van der Waals surface area contributed by atoms with Crippen LogP contribution in [-0.4, -0.2) is 40.3 Å². The molecule has 1 saturated heterocycles. The summed E-state index contributed by atoms with van der Waals surface area (Å²) in [6.45, 7) is 4.14. The second-order valence-electron chi connectivity index (χ2n) is 6.22. The van der Waals surface area contributed by atoms with E-state index in [-0.39, 0.29) is 24.8 Å². The maximum Gasteiger partial charge on any atom is 0.153 e. The summed E-state index contributed by atoms with van der Waals surface area (Å²) in [6, 6.07) is 12.6. The fourth-order valence-electron chi connectivity index (χ4n) is 3.06. The first-order chi connectivity index (χ1) is 11.2. The molecule has 2 aromatic rings. The third kappa shape index (κ3) is 3.89. The Hall–Kier alpha value is -1.82. The van der Waals surface area contributed by atoms with Gasteiger partial charge in [-0.15, -0.1) is 24.8 Å². The molecule has 5 nitrogen and oxygen atoms in total.